The number of hydrogen-bond donors (Lipinski definition) is 1. The molecule has 0 bridgehead atoms. The molecular formula is C17H12F3N3O2S. The third kappa shape index (κ3) is 5.58. The molecule has 2 aromatic carbocycles. The maximum Gasteiger partial charge on any atom is 0.416 e. The molecule has 0 atom stereocenters. The summed E-state index contributed by atoms with van der Waals surface area (Å²) in [4.78, 5) is 16.2. The van der Waals surface area contributed by atoms with Gasteiger partial charge in [-0.1, -0.05) is 48.2 Å². The summed E-state index contributed by atoms with van der Waals surface area (Å²) in [6, 6.07) is 12.9. The Morgan fingerprint density at radius 3 is 1.96 bits per heavy atom. The maximum absolute atomic E-state index is 12.6. The molecular weight excluding hydrogens is 367 g/mol. The van der Waals surface area contributed by atoms with Gasteiger partial charge in [-0.05, 0) is 28.8 Å². The Labute approximate surface area is 150 Å². The number of carbonyl (C=O) groups excluding carboxylic acids is 2. The number of halogens is 3. The predicted molar refractivity (Wildman–Crippen MR) is 87.8 cm³/mol. The van der Waals surface area contributed by atoms with Gasteiger partial charge in [-0.25, -0.2) is 0 Å². The van der Waals surface area contributed by atoms with Crippen LogP contribution in [-0.2, 0) is 21.5 Å². The summed E-state index contributed by atoms with van der Waals surface area (Å²) in [5.74, 6) is 0.750. The van der Waals surface area contributed by atoms with Crippen LogP contribution in [0, 0.1) is 0 Å². The first-order valence-electron chi connectivity index (χ1n) is 7.18. The molecule has 9 heteroatoms. The van der Waals surface area contributed by atoms with E-state index in [0.717, 1.165) is 39.6 Å². The molecule has 0 aliphatic heterocycles. The summed E-state index contributed by atoms with van der Waals surface area (Å²) in [5.41, 5.74) is 2.11. The number of H-pyrrole nitrogens is 1. The van der Waals surface area contributed by atoms with Gasteiger partial charge in [-0.2, -0.15) is 33.1 Å². The van der Waals surface area contributed by atoms with Crippen LogP contribution in [0.1, 0.15) is 11.1 Å². The minimum Gasteiger partial charge on any atom is -0.197 e. The molecule has 5 nitrogen and oxygen atoms in total. The summed E-state index contributed by atoms with van der Waals surface area (Å²) in [6.45, 7) is 0. The molecule has 26 heavy (non-hydrogen) atoms. The number of aromatic nitrogens is 3. The van der Waals surface area contributed by atoms with Crippen molar-refractivity contribution in [1.29, 1.82) is 0 Å². The molecule has 0 aliphatic carbocycles. The standard InChI is InChI=1S/C16H12F3N3S.CO2/c17-16(18,19)14-7-5-13(6-8-14)12-3-1-11(2-4-12)10-23-15-9-20-22-21-15;2-1-3/h1-9H,10H2,(H,20,21,22);. The van der Waals surface area contributed by atoms with Crippen LogP contribution < -0.4 is 0 Å². The van der Waals surface area contributed by atoms with E-state index in [-0.39, 0.29) is 6.15 Å². The van der Waals surface area contributed by atoms with Crippen molar-refractivity contribution in [2.75, 3.05) is 0 Å². The number of rotatable bonds is 4. The molecule has 0 fully saturated rings. The first kappa shape index (κ1) is 19.4. The van der Waals surface area contributed by atoms with Crippen LogP contribution >= 0.6 is 11.8 Å². The van der Waals surface area contributed by atoms with Gasteiger partial charge in [0.1, 0.15) is 5.03 Å². The van der Waals surface area contributed by atoms with E-state index in [2.05, 4.69) is 15.4 Å². The Morgan fingerprint density at radius 2 is 1.50 bits per heavy atom. The van der Waals surface area contributed by atoms with Crippen LogP contribution in [0.2, 0.25) is 0 Å². The zero-order valence-electron chi connectivity index (χ0n) is 13.2. The van der Waals surface area contributed by atoms with E-state index in [1.807, 2.05) is 24.3 Å². The summed E-state index contributed by atoms with van der Waals surface area (Å²) in [5, 5.41) is 11.1. The highest BCUT2D eigenvalue weighted by molar-refractivity contribution is 7.98. The highest BCUT2D eigenvalue weighted by atomic mass is 32.2. The van der Waals surface area contributed by atoms with Crippen LogP contribution in [0.4, 0.5) is 13.2 Å². The van der Waals surface area contributed by atoms with Gasteiger partial charge in [0, 0.05) is 5.75 Å². The fourth-order valence-corrected chi connectivity index (χ4v) is 2.80. The first-order chi connectivity index (χ1) is 12.4. The van der Waals surface area contributed by atoms with Crippen LogP contribution in [0.5, 0.6) is 0 Å². The van der Waals surface area contributed by atoms with Gasteiger partial charge >= 0.3 is 12.3 Å². The lowest BCUT2D eigenvalue weighted by molar-refractivity contribution is -0.191. The van der Waals surface area contributed by atoms with E-state index in [1.165, 1.54) is 12.1 Å². The molecule has 1 aromatic heterocycles. The monoisotopic (exact) mass is 379 g/mol. The fourth-order valence-electron chi connectivity index (χ4n) is 2.06. The van der Waals surface area contributed by atoms with E-state index < -0.39 is 11.7 Å². The summed E-state index contributed by atoms with van der Waals surface area (Å²) >= 11 is 1.56. The minimum absolute atomic E-state index is 0.250. The van der Waals surface area contributed by atoms with Crippen LogP contribution in [0.3, 0.4) is 0 Å². The SMILES string of the molecule is FC(F)(F)c1ccc(-c2ccc(CSc3cn[nH]n3)cc2)cc1.O=C=O. The number of benzene rings is 2. The topological polar surface area (TPSA) is 75.7 Å². The van der Waals surface area contributed by atoms with Gasteiger partial charge in [-0.3, -0.25) is 0 Å². The van der Waals surface area contributed by atoms with Gasteiger partial charge in [0.25, 0.3) is 0 Å². The normalized spacial score (nSPS) is 10.6. The number of hydrogen-bond acceptors (Lipinski definition) is 5. The minimum atomic E-state index is -4.30. The van der Waals surface area contributed by atoms with E-state index >= 15 is 0 Å². The Morgan fingerprint density at radius 1 is 0.962 bits per heavy atom. The molecule has 0 saturated heterocycles. The maximum atomic E-state index is 12.6. The van der Waals surface area contributed by atoms with Crippen molar-refractivity contribution in [2.24, 2.45) is 0 Å². The second-order valence-electron chi connectivity index (χ2n) is 4.95. The summed E-state index contributed by atoms with van der Waals surface area (Å²) in [6.07, 6.45) is -2.40. The van der Waals surface area contributed by atoms with Crippen molar-refractivity contribution in [1.82, 2.24) is 15.4 Å². The molecule has 0 saturated carbocycles. The Kier molecular flexibility index (Phi) is 6.71. The van der Waals surface area contributed by atoms with E-state index in [1.54, 1.807) is 18.0 Å². The fraction of sp³-hybridized carbons (Fsp3) is 0.118. The Balaban J connectivity index is 0.000000758. The predicted octanol–water partition coefficient (Wildman–Crippen LogP) is 4.20. The lowest BCUT2D eigenvalue weighted by Gasteiger charge is -2.08. The van der Waals surface area contributed by atoms with Crippen LogP contribution in [0.25, 0.3) is 11.1 Å². The third-order valence-corrected chi connectivity index (χ3v) is 4.25. The number of nitrogens with zero attached hydrogens (tertiary/aromatic N) is 2. The van der Waals surface area contributed by atoms with Gasteiger partial charge in [-0.15, -0.1) is 5.10 Å². The highest BCUT2D eigenvalue weighted by Crippen LogP contribution is 2.31. The number of alkyl halides is 3. The number of thioether (sulfide) groups is 1. The lowest BCUT2D eigenvalue weighted by atomic mass is 10.0. The highest BCUT2D eigenvalue weighted by Gasteiger charge is 2.29. The van der Waals surface area contributed by atoms with Crippen molar-refractivity contribution in [2.45, 2.75) is 17.0 Å². The van der Waals surface area contributed by atoms with Crippen molar-refractivity contribution in [3.05, 3.63) is 65.9 Å². The number of aromatic amines is 1. The van der Waals surface area contributed by atoms with Crippen LogP contribution in [-0.4, -0.2) is 21.6 Å². The molecule has 0 aliphatic rings. The summed E-state index contributed by atoms with van der Waals surface area (Å²) in [7, 11) is 0. The first-order valence-corrected chi connectivity index (χ1v) is 8.17. The second-order valence-corrected chi connectivity index (χ2v) is 5.95. The van der Waals surface area contributed by atoms with Gasteiger partial charge in [0.05, 0.1) is 11.8 Å². The zero-order chi connectivity index (χ0) is 19.0. The van der Waals surface area contributed by atoms with E-state index in [9.17, 15) is 13.2 Å². The lowest BCUT2D eigenvalue weighted by Crippen LogP contribution is -2.03. The molecule has 0 spiro atoms. The molecule has 3 aromatic rings. The van der Waals surface area contributed by atoms with Crippen molar-refractivity contribution in [3.8, 4) is 11.1 Å². The molecule has 0 radical (unpaired) electrons. The largest absolute Gasteiger partial charge is 0.416 e. The van der Waals surface area contributed by atoms with Crippen molar-refractivity contribution in [3.63, 3.8) is 0 Å². The third-order valence-electron chi connectivity index (χ3n) is 3.28. The molecule has 1 heterocycles. The Hall–Kier alpha value is -2.90. The van der Waals surface area contributed by atoms with Crippen molar-refractivity contribution >= 4 is 17.9 Å². The summed E-state index contributed by atoms with van der Waals surface area (Å²) < 4.78 is 37.7. The van der Waals surface area contributed by atoms with E-state index in [0.29, 0.717) is 0 Å². The van der Waals surface area contributed by atoms with Crippen LogP contribution in [0.15, 0.2) is 59.8 Å². The average Bonchev–Trinajstić information content (AvgIpc) is 3.14. The molecule has 134 valence electrons. The average molecular weight is 379 g/mol. The van der Waals surface area contributed by atoms with Crippen molar-refractivity contribution < 1.29 is 22.8 Å². The number of nitrogens with one attached hydrogen (secondary N) is 1. The quantitative estimate of drug-likeness (QED) is 0.688. The molecule has 1 N–H and O–H groups in total. The second kappa shape index (κ2) is 8.98. The smallest absolute Gasteiger partial charge is 0.197 e. The van der Waals surface area contributed by atoms with E-state index in [4.69, 9.17) is 9.59 Å². The molecule has 0 unspecified atom stereocenters. The van der Waals surface area contributed by atoms with Gasteiger partial charge < -0.3 is 0 Å². The molecule has 3 rings (SSSR count). The Bertz CT molecular complexity index is 842. The molecule has 0 amide bonds. The van der Waals surface area contributed by atoms with Gasteiger partial charge in [0.2, 0.25) is 0 Å². The zero-order valence-corrected chi connectivity index (χ0v) is 14.0. The van der Waals surface area contributed by atoms with Gasteiger partial charge in [0.15, 0.2) is 0 Å².